The van der Waals surface area contributed by atoms with Crippen molar-refractivity contribution in [2.24, 2.45) is 5.92 Å². The molecule has 1 unspecified atom stereocenters. The van der Waals surface area contributed by atoms with Crippen LogP contribution in [0.1, 0.15) is 23.8 Å². The monoisotopic (exact) mass is 219 g/mol. The summed E-state index contributed by atoms with van der Waals surface area (Å²) >= 11 is 1.79. The molecule has 0 radical (unpaired) electrons. The summed E-state index contributed by atoms with van der Waals surface area (Å²) in [4.78, 5) is 1.37. The van der Waals surface area contributed by atoms with Gasteiger partial charge in [-0.1, -0.05) is 6.07 Å². The molecule has 0 aliphatic heterocycles. The van der Waals surface area contributed by atoms with Crippen LogP contribution in [-0.2, 0) is 0 Å². The summed E-state index contributed by atoms with van der Waals surface area (Å²) in [6.45, 7) is 0. The summed E-state index contributed by atoms with van der Waals surface area (Å²) in [5.41, 5.74) is 5.92. The Morgan fingerprint density at radius 3 is 2.87 bits per heavy atom. The highest BCUT2D eigenvalue weighted by Crippen LogP contribution is 2.45. The standard InChI is InChI=1S/C11H13N3S/c12-10-5-6-13-14(10)11(8-3-4-8)9-2-1-7-15-9/h1-2,5-8,11H,3-4,12H2. The third-order valence-corrected chi connectivity index (χ3v) is 3.81. The summed E-state index contributed by atoms with van der Waals surface area (Å²) in [6.07, 6.45) is 4.36. The predicted molar refractivity (Wildman–Crippen MR) is 61.8 cm³/mol. The highest BCUT2D eigenvalue weighted by Gasteiger charge is 2.35. The van der Waals surface area contributed by atoms with Crippen LogP contribution in [0.15, 0.2) is 29.8 Å². The molecule has 0 aromatic carbocycles. The maximum atomic E-state index is 5.92. The third kappa shape index (κ3) is 1.55. The summed E-state index contributed by atoms with van der Waals surface area (Å²) in [5, 5.41) is 6.45. The zero-order valence-corrected chi connectivity index (χ0v) is 9.15. The molecule has 2 heterocycles. The average Bonchev–Trinajstić information content (AvgIpc) is 2.75. The number of hydrogen-bond acceptors (Lipinski definition) is 3. The van der Waals surface area contributed by atoms with E-state index in [1.165, 1.54) is 17.7 Å². The number of aromatic nitrogens is 2. The lowest BCUT2D eigenvalue weighted by atomic mass is 10.1. The second kappa shape index (κ2) is 3.38. The van der Waals surface area contributed by atoms with Crippen LogP contribution in [0.25, 0.3) is 0 Å². The van der Waals surface area contributed by atoms with Crippen LogP contribution in [0.5, 0.6) is 0 Å². The molecule has 0 bridgehead atoms. The maximum Gasteiger partial charge on any atom is 0.122 e. The SMILES string of the molecule is Nc1ccnn1C(c1cccs1)C1CC1. The van der Waals surface area contributed by atoms with Crippen molar-refractivity contribution >= 4 is 17.2 Å². The molecule has 4 heteroatoms. The van der Waals surface area contributed by atoms with Gasteiger partial charge < -0.3 is 5.73 Å². The van der Waals surface area contributed by atoms with E-state index in [0.717, 1.165) is 11.7 Å². The smallest absolute Gasteiger partial charge is 0.122 e. The van der Waals surface area contributed by atoms with E-state index in [1.807, 2.05) is 10.7 Å². The van der Waals surface area contributed by atoms with Gasteiger partial charge in [0.1, 0.15) is 5.82 Å². The Balaban J connectivity index is 2.02. The molecular weight excluding hydrogens is 206 g/mol. The second-order valence-electron chi connectivity index (χ2n) is 4.00. The first-order valence-electron chi connectivity index (χ1n) is 5.18. The molecule has 3 nitrogen and oxygen atoms in total. The first-order chi connectivity index (χ1) is 7.36. The Morgan fingerprint density at radius 2 is 2.33 bits per heavy atom. The van der Waals surface area contributed by atoms with Gasteiger partial charge in [-0.25, -0.2) is 4.68 Å². The molecule has 1 aliphatic carbocycles. The molecule has 1 atom stereocenters. The zero-order valence-electron chi connectivity index (χ0n) is 8.34. The quantitative estimate of drug-likeness (QED) is 0.862. The fraction of sp³-hybridized carbons (Fsp3) is 0.364. The van der Waals surface area contributed by atoms with Crippen molar-refractivity contribution in [1.82, 2.24) is 9.78 Å². The van der Waals surface area contributed by atoms with Gasteiger partial charge in [0.2, 0.25) is 0 Å². The molecule has 0 amide bonds. The van der Waals surface area contributed by atoms with Crippen molar-refractivity contribution in [1.29, 1.82) is 0 Å². The van der Waals surface area contributed by atoms with E-state index in [2.05, 4.69) is 22.6 Å². The molecule has 15 heavy (non-hydrogen) atoms. The van der Waals surface area contributed by atoms with Gasteiger partial charge in [-0.15, -0.1) is 11.3 Å². The van der Waals surface area contributed by atoms with Crippen molar-refractivity contribution in [2.75, 3.05) is 5.73 Å². The largest absolute Gasteiger partial charge is 0.384 e. The lowest BCUT2D eigenvalue weighted by Crippen LogP contribution is -2.15. The van der Waals surface area contributed by atoms with Gasteiger partial charge in [0.15, 0.2) is 0 Å². The van der Waals surface area contributed by atoms with Crippen LogP contribution in [-0.4, -0.2) is 9.78 Å². The van der Waals surface area contributed by atoms with E-state index in [4.69, 9.17) is 5.73 Å². The first-order valence-corrected chi connectivity index (χ1v) is 6.06. The van der Waals surface area contributed by atoms with Crippen molar-refractivity contribution < 1.29 is 0 Å². The van der Waals surface area contributed by atoms with Crippen molar-refractivity contribution in [2.45, 2.75) is 18.9 Å². The zero-order chi connectivity index (χ0) is 10.3. The van der Waals surface area contributed by atoms with Crippen LogP contribution in [0.4, 0.5) is 5.82 Å². The lowest BCUT2D eigenvalue weighted by Gasteiger charge is -2.16. The highest BCUT2D eigenvalue weighted by atomic mass is 32.1. The lowest BCUT2D eigenvalue weighted by molar-refractivity contribution is 0.484. The van der Waals surface area contributed by atoms with Crippen LogP contribution < -0.4 is 5.73 Å². The fourth-order valence-electron chi connectivity index (χ4n) is 1.98. The number of thiophene rings is 1. The first kappa shape index (κ1) is 8.97. The second-order valence-corrected chi connectivity index (χ2v) is 4.98. The molecule has 0 spiro atoms. The summed E-state index contributed by atoms with van der Waals surface area (Å²) in [5.74, 6) is 1.49. The average molecular weight is 219 g/mol. The van der Waals surface area contributed by atoms with E-state index >= 15 is 0 Å². The van der Waals surface area contributed by atoms with E-state index in [1.54, 1.807) is 17.5 Å². The van der Waals surface area contributed by atoms with Gasteiger partial charge in [-0.3, -0.25) is 0 Å². The van der Waals surface area contributed by atoms with Gasteiger partial charge in [0, 0.05) is 4.88 Å². The van der Waals surface area contributed by atoms with Crippen LogP contribution in [0.3, 0.4) is 0 Å². The number of nitrogen functional groups attached to an aromatic ring is 1. The number of nitrogens with two attached hydrogens (primary N) is 1. The van der Waals surface area contributed by atoms with E-state index in [-0.39, 0.29) is 0 Å². The molecule has 2 aromatic rings. The van der Waals surface area contributed by atoms with Crippen molar-refractivity contribution in [3.63, 3.8) is 0 Å². The van der Waals surface area contributed by atoms with Crippen LogP contribution >= 0.6 is 11.3 Å². The fourth-order valence-corrected chi connectivity index (χ4v) is 2.88. The summed E-state index contributed by atoms with van der Waals surface area (Å²) in [6, 6.07) is 6.49. The minimum absolute atomic E-state index is 0.361. The molecular formula is C11H13N3S. The molecule has 78 valence electrons. The molecule has 0 saturated heterocycles. The van der Waals surface area contributed by atoms with Gasteiger partial charge in [0.25, 0.3) is 0 Å². The number of nitrogens with zero attached hydrogens (tertiary/aromatic N) is 2. The van der Waals surface area contributed by atoms with E-state index < -0.39 is 0 Å². The molecule has 2 aromatic heterocycles. The molecule has 2 N–H and O–H groups in total. The number of hydrogen-bond donors (Lipinski definition) is 1. The minimum atomic E-state index is 0.361. The Labute approximate surface area is 92.5 Å². The Morgan fingerprint density at radius 1 is 1.47 bits per heavy atom. The van der Waals surface area contributed by atoms with Crippen molar-refractivity contribution in [3.8, 4) is 0 Å². The normalized spacial score (nSPS) is 17.9. The number of rotatable bonds is 3. The van der Waals surface area contributed by atoms with Gasteiger partial charge in [0.05, 0.1) is 12.2 Å². The predicted octanol–water partition coefficient (Wildman–Crippen LogP) is 2.53. The minimum Gasteiger partial charge on any atom is -0.384 e. The molecule has 1 saturated carbocycles. The molecule has 3 rings (SSSR count). The van der Waals surface area contributed by atoms with Gasteiger partial charge >= 0.3 is 0 Å². The Hall–Kier alpha value is -1.29. The van der Waals surface area contributed by atoms with E-state index in [9.17, 15) is 0 Å². The maximum absolute atomic E-state index is 5.92. The molecule has 1 fully saturated rings. The summed E-state index contributed by atoms with van der Waals surface area (Å²) in [7, 11) is 0. The topological polar surface area (TPSA) is 43.8 Å². The Kier molecular flexibility index (Phi) is 2.02. The van der Waals surface area contributed by atoms with E-state index in [0.29, 0.717) is 6.04 Å². The van der Waals surface area contributed by atoms with Crippen molar-refractivity contribution in [3.05, 3.63) is 34.7 Å². The highest BCUT2D eigenvalue weighted by molar-refractivity contribution is 7.10. The van der Waals surface area contributed by atoms with Gasteiger partial charge in [-0.2, -0.15) is 5.10 Å². The van der Waals surface area contributed by atoms with Crippen LogP contribution in [0.2, 0.25) is 0 Å². The summed E-state index contributed by atoms with van der Waals surface area (Å²) < 4.78 is 1.96. The Bertz CT molecular complexity index is 442. The third-order valence-electron chi connectivity index (χ3n) is 2.87. The van der Waals surface area contributed by atoms with Crippen LogP contribution in [0, 0.1) is 5.92 Å². The number of anilines is 1. The molecule has 1 aliphatic rings. The van der Waals surface area contributed by atoms with Gasteiger partial charge in [-0.05, 0) is 36.3 Å².